The summed E-state index contributed by atoms with van der Waals surface area (Å²) in [6.07, 6.45) is 5.94. The van der Waals surface area contributed by atoms with Gasteiger partial charge in [0.15, 0.2) is 23.1 Å². The topological polar surface area (TPSA) is 79.9 Å². The predicted molar refractivity (Wildman–Crippen MR) is 240 cm³/mol. The first-order valence-electron chi connectivity index (χ1n) is 20.3. The lowest BCUT2D eigenvalue weighted by Gasteiger charge is -2.12. The van der Waals surface area contributed by atoms with E-state index < -0.39 is 23.3 Å². The average Bonchev–Trinajstić information content (AvgIpc) is 3.80. The van der Waals surface area contributed by atoms with Gasteiger partial charge in [0, 0.05) is 69.3 Å². The van der Waals surface area contributed by atoms with Gasteiger partial charge in [-0.3, -0.25) is 19.1 Å². The van der Waals surface area contributed by atoms with Crippen molar-refractivity contribution in [3.05, 3.63) is 193 Å². The summed E-state index contributed by atoms with van der Waals surface area (Å²) in [7, 11) is 0. The highest BCUT2D eigenvalue weighted by Gasteiger charge is 2.21. The third-order valence-corrected chi connectivity index (χ3v) is 11.3. The first kappa shape index (κ1) is 38.5. The summed E-state index contributed by atoms with van der Waals surface area (Å²) in [5, 5.41) is 3.89. The number of para-hydroxylation sites is 2. The number of rotatable bonds is 8. The van der Waals surface area contributed by atoms with Crippen LogP contribution in [0.15, 0.2) is 158 Å². The fourth-order valence-corrected chi connectivity index (χ4v) is 8.27. The second-order valence-corrected chi connectivity index (χ2v) is 15.5. The molecule has 11 aromatic rings. The van der Waals surface area contributed by atoms with Gasteiger partial charge in [0.1, 0.15) is 34.8 Å². The van der Waals surface area contributed by atoms with Gasteiger partial charge in [-0.2, -0.15) is 0 Å². The zero-order valence-corrected chi connectivity index (χ0v) is 34.0. The van der Waals surface area contributed by atoms with Crippen molar-refractivity contribution in [1.82, 2.24) is 29.1 Å². The van der Waals surface area contributed by atoms with Crippen LogP contribution in [-0.4, -0.2) is 29.1 Å². The van der Waals surface area contributed by atoms with E-state index in [9.17, 15) is 0 Å². The van der Waals surface area contributed by atoms with Crippen molar-refractivity contribution in [2.75, 3.05) is 0 Å². The molecule has 5 heterocycles. The minimum Gasteiger partial charge on any atom is -0.454 e. The molecule has 0 aliphatic heterocycles. The van der Waals surface area contributed by atoms with E-state index in [1.165, 1.54) is 24.5 Å². The lowest BCUT2D eigenvalue weighted by Crippen LogP contribution is -1.99. The molecule has 0 aliphatic rings. The van der Waals surface area contributed by atoms with E-state index >= 15 is 17.6 Å². The van der Waals surface area contributed by atoms with Crippen molar-refractivity contribution in [3.8, 4) is 57.1 Å². The molecule has 0 spiro atoms. The zero-order valence-electron chi connectivity index (χ0n) is 34.0. The molecular weight excluding hydrogens is 817 g/mol. The zero-order chi connectivity index (χ0) is 43.6. The van der Waals surface area contributed by atoms with E-state index in [-0.39, 0.29) is 34.0 Å². The molecule has 0 atom stereocenters. The molecular formula is C52H32F4N6O2. The SMILES string of the molecule is Cc1ccnc(-n2c3ccccc3c3ccc(Oc4cc(-c5cnc(-c6cc(Oc7ccc8c9ccccc9n(-c9cc(C)ccn9)c8c7)c(F)cc6F)cn5)c(F)cc4F)cc32)c1. The van der Waals surface area contributed by atoms with Gasteiger partial charge >= 0.3 is 0 Å². The predicted octanol–water partition coefficient (Wildman–Crippen LogP) is 13.6. The van der Waals surface area contributed by atoms with E-state index in [2.05, 4.69) is 19.9 Å². The Labute approximate surface area is 362 Å². The number of halogens is 4. The molecule has 0 saturated heterocycles. The van der Waals surface area contributed by atoms with Crippen LogP contribution in [0.4, 0.5) is 17.6 Å². The fourth-order valence-electron chi connectivity index (χ4n) is 8.27. The van der Waals surface area contributed by atoms with Gasteiger partial charge in [-0.1, -0.05) is 36.4 Å². The number of hydrogen-bond donors (Lipinski definition) is 0. The van der Waals surface area contributed by atoms with Crippen molar-refractivity contribution in [2.24, 2.45) is 0 Å². The Morgan fingerprint density at radius 3 is 1.25 bits per heavy atom. The maximum absolute atomic E-state index is 15.4. The van der Waals surface area contributed by atoms with Gasteiger partial charge in [-0.15, -0.1) is 0 Å². The van der Waals surface area contributed by atoms with Crippen LogP contribution < -0.4 is 9.47 Å². The molecule has 11 rings (SSSR count). The normalized spacial score (nSPS) is 11.6. The quantitative estimate of drug-likeness (QED) is 0.142. The third-order valence-electron chi connectivity index (χ3n) is 11.3. The first-order chi connectivity index (χ1) is 31.2. The Hall–Kier alpha value is -8.38. The van der Waals surface area contributed by atoms with Gasteiger partial charge in [-0.25, -0.2) is 27.5 Å². The molecule has 0 N–H and O–H groups in total. The number of aryl methyl sites for hydroxylation is 2. The van der Waals surface area contributed by atoms with Crippen LogP contribution in [0, 0.1) is 37.1 Å². The number of pyridine rings is 2. The first-order valence-corrected chi connectivity index (χ1v) is 20.3. The average molecular weight is 849 g/mol. The summed E-state index contributed by atoms with van der Waals surface area (Å²) >= 11 is 0. The maximum atomic E-state index is 15.4. The highest BCUT2D eigenvalue weighted by Crippen LogP contribution is 2.39. The Morgan fingerprint density at radius 2 is 0.828 bits per heavy atom. The van der Waals surface area contributed by atoms with Crippen LogP contribution in [0.25, 0.3) is 77.8 Å². The van der Waals surface area contributed by atoms with Crippen molar-refractivity contribution < 1.29 is 27.0 Å². The van der Waals surface area contributed by atoms with Gasteiger partial charge in [-0.05, 0) is 97.8 Å². The van der Waals surface area contributed by atoms with Gasteiger partial charge in [0.25, 0.3) is 0 Å². The van der Waals surface area contributed by atoms with Crippen LogP contribution in [0.5, 0.6) is 23.0 Å². The second-order valence-electron chi connectivity index (χ2n) is 15.5. The summed E-state index contributed by atoms with van der Waals surface area (Å²) in [5.41, 5.74) is 5.33. The van der Waals surface area contributed by atoms with Crippen molar-refractivity contribution >= 4 is 43.6 Å². The summed E-state index contributed by atoms with van der Waals surface area (Å²) < 4.78 is 77.8. The molecule has 0 radical (unpaired) electrons. The van der Waals surface area contributed by atoms with Crippen molar-refractivity contribution in [3.63, 3.8) is 0 Å². The van der Waals surface area contributed by atoms with Gasteiger partial charge in [0.05, 0.1) is 45.8 Å². The Balaban J connectivity index is 0.899. The van der Waals surface area contributed by atoms with Crippen LogP contribution in [-0.2, 0) is 0 Å². The highest BCUT2D eigenvalue weighted by molar-refractivity contribution is 6.10. The number of benzene rings is 6. The molecule has 8 nitrogen and oxygen atoms in total. The molecule has 0 bridgehead atoms. The minimum absolute atomic E-state index is 0.0259. The molecule has 0 aliphatic carbocycles. The molecule has 0 amide bonds. The number of fused-ring (bicyclic) bond motifs is 6. The Bertz CT molecular complexity index is 3420. The van der Waals surface area contributed by atoms with Gasteiger partial charge in [0.2, 0.25) is 0 Å². The number of hydrogen-bond acceptors (Lipinski definition) is 6. The summed E-state index contributed by atoms with van der Waals surface area (Å²) in [6, 6.07) is 38.3. The van der Waals surface area contributed by atoms with Crippen molar-refractivity contribution in [2.45, 2.75) is 13.8 Å². The number of aromatic nitrogens is 6. The maximum Gasteiger partial charge on any atom is 0.168 e. The molecule has 5 aromatic heterocycles. The largest absolute Gasteiger partial charge is 0.454 e. The lowest BCUT2D eigenvalue weighted by molar-refractivity contribution is 0.438. The number of nitrogens with zero attached hydrogens (tertiary/aromatic N) is 6. The Kier molecular flexibility index (Phi) is 9.16. The monoisotopic (exact) mass is 848 g/mol. The standard InChI is InChI=1S/C52H32F4N6O2/c1-29-15-17-57-51(19-29)61-45-9-5-3-7-33(45)35-13-11-31(21-47(35)61)63-49-23-37(39(53)25-41(49)55)43-27-60-44(28-59-43)38-24-50(42(56)26-40(38)54)64-32-12-14-36-34-8-4-6-10-46(34)62(48(36)22-32)52-20-30(2)16-18-58-52/h3-28H,1-2H3. The third kappa shape index (κ3) is 6.63. The van der Waals surface area contributed by atoms with Crippen LogP contribution in [0.3, 0.4) is 0 Å². The highest BCUT2D eigenvalue weighted by atomic mass is 19.1. The Morgan fingerprint density at radius 1 is 0.406 bits per heavy atom. The molecule has 0 fully saturated rings. The van der Waals surface area contributed by atoms with E-state index in [0.717, 1.165) is 54.7 Å². The lowest BCUT2D eigenvalue weighted by atomic mass is 10.1. The van der Waals surface area contributed by atoms with E-state index in [0.29, 0.717) is 35.3 Å². The van der Waals surface area contributed by atoms with Crippen LogP contribution in [0.1, 0.15) is 11.1 Å². The minimum atomic E-state index is -0.930. The van der Waals surface area contributed by atoms with E-state index in [1.54, 1.807) is 36.7 Å². The fraction of sp³-hybridized carbons (Fsp3) is 0.0385. The molecule has 64 heavy (non-hydrogen) atoms. The smallest absolute Gasteiger partial charge is 0.168 e. The molecule has 310 valence electrons. The van der Waals surface area contributed by atoms with E-state index in [1.807, 2.05) is 108 Å². The van der Waals surface area contributed by atoms with E-state index in [4.69, 9.17) is 9.47 Å². The summed E-state index contributed by atoms with van der Waals surface area (Å²) in [4.78, 5) is 17.9. The molecule has 0 saturated carbocycles. The van der Waals surface area contributed by atoms with Crippen LogP contribution in [0.2, 0.25) is 0 Å². The van der Waals surface area contributed by atoms with Gasteiger partial charge < -0.3 is 9.47 Å². The summed E-state index contributed by atoms with van der Waals surface area (Å²) in [5.74, 6) is -2.17. The molecule has 12 heteroatoms. The second kappa shape index (κ2) is 15.2. The number of ether oxygens (including phenoxy) is 2. The molecule has 0 unspecified atom stereocenters. The molecule has 6 aromatic carbocycles. The van der Waals surface area contributed by atoms with Crippen molar-refractivity contribution in [1.29, 1.82) is 0 Å². The van der Waals surface area contributed by atoms with Crippen LogP contribution >= 0.6 is 0 Å². The summed E-state index contributed by atoms with van der Waals surface area (Å²) in [6.45, 7) is 3.97.